The number of nitrogens with zero attached hydrogens (tertiary/aromatic N) is 3. The summed E-state index contributed by atoms with van der Waals surface area (Å²) in [5.41, 5.74) is 0.542. The molecule has 0 aliphatic heterocycles. The molecule has 0 saturated heterocycles. The Kier molecular flexibility index (Phi) is 9.51. The van der Waals surface area contributed by atoms with Crippen LogP contribution in [0.25, 0.3) is 10.9 Å². The molecule has 0 aliphatic rings. The van der Waals surface area contributed by atoms with Crippen LogP contribution in [0.5, 0.6) is 11.5 Å². The molecule has 0 aliphatic carbocycles. The molecule has 12 heteroatoms. The summed E-state index contributed by atoms with van der Waals surface area (Å²) in [6, 6.07) is 12.5. The first-order valence-corrected chi connectivity index (χ1v) is 14.5. The summed E-state index contributed by atoms with van der Waals surface area (Å²) in [6.45, 7) is 7.51. The van der Waals surface area contributed by atoms with Crippen LogP contribution in [0, 0.1) is 5.82 Å². The molecule has 8 nitrogen and oxygen atoms in total. The van der Waals surface area contributed by atoms with Crippen molar-refractivity contribution in [3.8, 4) is 11.5 Å². The maximum atomic E-state index is 13.5. The van der Waals surface area contributed by atoms with Gasteiger partial charge in [-0.15, -0.1) is 0 Å². The monoisotopic (exact) mass is 706 g/mol. The lowest BCUT2D eigenvalue weighted by atomic mass is 9.95. The standard InChI is InChI=1S/C29H26Br2ClFN4O4/c1-5-40-22-11-16(24(31)25(32)26(22)41-15-23(38)35-19-8-6-7-18(33)13-19)14-34-37-27(39)20-12-17(30)9-10-21(20)36-28(37)29(2,3)4/h6-14H,5,15H2,1-4H3,(H,35,38). The van der Waals surface area contributed by atoms with E-state index in [1.165, 1.54) is 29.1 Å². The molecule has 0 saturated carbocycles. The summed E-state index contributed by atoms with van der Waals surface area (Å²) in [6.07, 6.45) is 1.47. The van der Waals surface area contributed by atoms with Gasteiger partial charge in [0.15, 0.2) is 18.1 Å². The van der Waals surface area contributed by atoms with Gasteiger partial charge in [-0.2, -0.15) is 9.78 Å². The maximum absolute atomic E-state index is 13.5. The highest BCUT2D eigenvalue weighted by atomic mass is 79.9. The van der Waals surface area contributed by atoms with Gasteiger partial charge in [0.25, 0.3) is 11.5 Å². The van der Waals surface area contributed by atoms with E-state index in [0.29, 0.717) is 32.5 Å². The first kappa shape index (κ1) is 30.7. The highest BCUT2D eigenvalue weighted by Crippen LogP contribution is 2.42. The molecule has 0 atom stereocenters. The third kappa shape index (κ3) is 7.14. The van der Waals surface area contributed by atoms with Crippen molar-refractivity contribution < 1.29 is 18.7 Å². The normalized spacial score (nSPS) is 11.7. The number of amides is 1. The molecule has 0 spiro atoms. The van der Waals surface area contributed by atoms with E-state index in [9.17, 15) is 14.0 Å². The van der Waals surface area contributed by atoms with Gasteiger partial charge in [0.2, 0.25) is 0 Å². The predicted molar refractivity (Wildman–Crippen MR) is 166 cm³/mol. The molecule has 3 aromatic carbocycles. The summed E-state index contributed by atoms with van der Waals surface area (Å²) >= 11 is 13.5. The molecule has 0 bridgehead atoms. The van der Waals surface area contributed by atoms with E-state index in [0.717, 1.165) is 4.47 Å². The summed E-state index contributed by atoms with van der Waals surface area (Å²) in [7, 11) is 0. The first-order chi connectivity index (χ1) is 19.4. The van der Waals surface area contributed by atoms with Crippen LogP contribution in [0.4, 0.5) is 10.1 Å². The molecule has 4 rings (SSSR count). The van der Waals surface area contributed by atoms with Crippen molar-refractivity contribution in [1.82, 2.24) is 9.66 Å². The smallest absolute Gasteiger partial charge is 0.282 e. The Balaban J connectivity index is 1.69. The van der Waals surface area contributed by atoms with Crippen LogP contribution in [-0.2, 0) is 10.2 Å². The fourth-order valence-corrected chi connectivity index (χ4v) is 4.87. The Labute approximate surface area is 257 Å². The molecular weight excluding hydrogens is 683 g/mol. The second kappa shape index (κ2) is 12.7. The number of ether oxygens (including phenoxy) is 2. The van der Waals surface area contributed by atoms with E-state index < -0.39 is 23.7 Å². The number of hydrogen-bond acceptors (Lipinski definition) is 6. The maximum Gasteiger partial charge on any atom is 0.282 e. The summed E-state index contributed by atoms with van der Waals surface area (Å²) in [4.78, 5) is 30.6. The van der Waals surface area contributed by atoms with Crippen molar-refractivity contribution in [2.45, 2.75) is 33.1 Å². The molecule has 41 heavy (non-hydrogen) atoms. The first-order valence-electron chi connectivity index (χ1n) is 12.5. The zero-order chi connectivity index (χ0) is 29.9. The van der Waals surface area contributed by atoms with Crippen LogP contribution in [-0.4, -0.2) is 35.0 Å². The number of carbonyl (C=O) groups is 1. The molecule has 0 radical (unpaired) electrons. The number of benzene rings is 3. The number of halogens is 4. The van der Waals surface area contributed by atoms with Gasteiger partial charge in [-0.25, -0.2) is 9.37 Å². The molecular formula is C29H26Br2ClFN4O4. The zero-order valence-electron chi connectivity index (χ0n) is 22.6. The molecule has 1 heterocycles. The van der Waals surface area contributed by atoms with Crippen LogP contribution < -0.4 is 20.3 Å². The third-order valence-electron chi connectivity index (χ3n) is 5.70. The Morgan fingerprint density at radius 1 is 1.17 bits per heavy atom. The minimum Gasteiger partial charge on any atom is -0.490 e. The van der Waals surface area contributed by atoms with Gasteiger partial charge in [-0.1, -0.05) is 54.4 Å². The third-order valence-corrected chi connectivity index (χ3v) is 7.64. The Hall–Kier alpha value is -3.28. The molecule has 214 valence electrons. The van der Waals surface area contributed by atoms with Gasteiger partial charge < -0.3 is 14.8 Å². The second-order valence-electron chi connectivity index (χ2n) is 9.91. The van der Waals surface area contributed by atoms with Crippen LogP contribution in [0.3, 0.4) is 0 Å². The number of aromatic nitrogens is 2. The number of nitrogens with one attached hydrogen (secondary N) is 1. The molecule has 4 aromatic rings. The zero-order valence-corrected chi connectivity index (χ0v) is 26.5. The number of anilines is 1. The average molecular weight is 709 g/mol. The lowest BCUT2D eigenvalue weighted by molar-refractivity contribution is -0.118. The number of fused-ring (bicyclic) bond motifs is 1. The SMILES string of the molecule is CCOc1cc(C=Nn2c(C(C)(C)C)nc3ccc(Br)cc3c2=O)c(Br)c(Cl)c1OCC(=O)Nc1cccc(F)c1. The van der Waals surface area contributed by atoms with Crippen LogP contribution in [0.1, 0.15) is 39.1 Å². The fraction of sp³-hybridized carbons (Fsp3) is 0.241. The van der Waals surface area contributed by atoms with Crippen molar-refractivity contribution in [3.05, 3.63) is 90.1 Å². The van der Waals surface area contributed by atoms with E-state index in [1.54, 1.807) is 31.2 Å². The van der Waals surface area contributed by atoms with Gasteiger partial charge in [0.1, 0.15) is 16.7 Å². The number of rotatable bonds is 8. The van der Waals surface area contributed by atoms with Crippen molar-refractivity contribution in [2.24, 2.45) is 5.10 Å². The minimum absolute atomic E-state index is 0.136. The van der Waals surface area contributed by atoms with Gasteiger partial charge in [-0.3, -0.25) is 9.59 Å². The van der Waals surface area contributed by atoms with Crippen molar-refractivity contribution in [1.29, 1.82) is 0 Å². The van der Waals surface area contributed by atoms with Crippen LogP contribution >= 0.6 is 43.5 Å². The Morgan fingerprint density at radius 2 is 1.93 bits per heavy atom. The van der Waals surface area contributed by atoms with Crippen LogP contribution in [0.2, 0.25) is 5.02 Å². The van der Waals surface area contributed by atoms with E-state index in [1.807, 2.05) is 26.8 Å². The summed E-state index contributed by atoms with van der Waals surface area (Å²) < 4.78 is 27.3. The lowest BCUT2D eigenvalue weighted by Crippen LogP contribution is -2.29. The van der Waals surface area contributed by atoms with E-state index in [4.69, 9.17) is 26.1 Å². The number of hydrogen-bond donors (Lipinski definition) is 1. The average Bonchev–Trinajstić information content (AvgIpc) is 2.90. The lowest BCUT2D eigenvalue weighted by Gasteiger charge is -2.21. The molecule has 0 unspecified atom stereocenters. The Morgan fingerprint density at radius 3 is 2.61 bits per heavy atom. The fourth-order valence-electron chi connectivity index (χ4n) is 3.86. The largest absolute Gasteiger partial charge is 0.490 e. The van der Waals surface area contributed by atoms with Crippen molar-refractivity contribution >= 4 is 72.2 Å². The van der Waals surface area contributed by atoms with Gasteiger partial charge in [0.05, 0.1) is 23.7 Å². The van der Waals surface area contributed by atoms with Gasteiger partial charge in [-0.05, 0) is 65.3 Å². The predicted octanol–water partition coefficient (Wildman–Crippen LogP) is 7.31. The molecule has 1 N–H and O–H groups in total. The highest BCUT2D eigenvalue weighted by molar-refractivity contribution is 9.10. The summed E-state index contributed by atoms with van der Waals surface area (Å²) in [5, 5.41) is 7.62. The summed E-state index contributed by atoms with van der Waals surface area (Å²) in [5.74, 6) is -0.109. The van der Waals surface area contributed by atoms with Crippen molar-refractivity contribution in [2.75, 3.05) is 18.5 Å². The van der Waals surface area contributed by atoms with E-state index in [2.05, 4.69) is 42.3 Å². The highest BCUT2D eigenvalue weighted by Gasteiger charge is 2.24. The van der Waals surface area contributed by atoms with E-state index in [-0.39, 0.29) is 28.7 Å². The van der Waals surface area contributed by atoms with Crippen molar-refractivity contribution in [3.63, 3.8) is 0 Å². The molecule has 1 aromatic heterocycles. The molecule has 1 amide bonds. The topological polar surface area (TPSA) is 94.8 Å². The van der Waals surface area contributed by atoms with Crippen LogP contribution in [0.15, 0.2) is 67.4 Å². The number of carbonyl (C=O) groups excluding carboxylic acids is 1. The quantitative estimate of drug-likeness (QED) is 0.194. The second-order valence-corrected chi connectivity index (χ2v) is 12.0. The minimum atomic E-state index is -0.514. The Bertz CT molecular complexity index is 1720. The van der Waals surface area contributed by atoms with E-state index >= 15 is 0 Å². The van der Waals surface area contributed by atoms with Gasteiger partial charge >= 0.3 is 0 Å². The molecule has 0 fully saturated rings. The van der Waals surface area contributed by atoms with Gasteiger partial charge in [0, 0.05) is 25.6 Å².